The number of nitrogens with one attached hydrogen (secondary N) is 1. The van der Waals surface area contributed by atoms with Gasteiger partial charge in [-0.25, -0.2) is 8.78 Å². The van der Waals surface area contributed by atoms with Crippen LogP contribution in [0, 0.1) is 34.9 Å². The maximum absolute atomic E-state index is 17.7. The number of rotatable bonds is 10. The van der Waals surface area contributed by atoms with Crippen molar-refractivity contribution < 1.29 is 27.5 Å². The van der Waals surface area contributed by atoms with Crippen LogP contribution in [0.3, 0.4) is 0 Å². The Hall–Kier alpha value is -3.89. The van der Waals surface area contributed by atoms with Crippen molar-refractivity contribution in [2.45, 2.75) is 115 Å². The molecule has 8 rings (SSSR count). The quantitative estimate of drug-likeness (QED) is 0.120. The SMILES string of the molecule is [2H]C([2H])([2H])OCC12CCC(CN(c3nc(OCC45CC(C)CN4CC(C)C5)nc4c(F)c(-c5cc(O)cc6ccc(F)c(C#C[Si](C(C)C)(C(C)C)C(C)C)c56)ncc34)C1)N2. The molecule has 2 aromatic carbocycles. The Morgan fingerprint density at radius 1 is 1.02 bits per heavy atom. The fraction of sp³-hybridized carbons (Fsp3) is 0.587. The Kier molecular flexibility index (Phi) is 9.79. The van der Waals surface area contributed by atoms with Crippen molar-refractivity contribution >= 4 is 35.6 Å². The van der Waals surface area contributed by atoms with Gasteiger partial charge in [0.05, 0.1) is 32.7 Å². The van der Waals surface area contributed by atoms with E-state index in [1.54, 1.807) is 6.07 Å². The molecule has 4 fully saturated rings. The number of aromatic hydroxyl groups is 1. The molecule has 0 amide bonds. The van der Waals surface area contributed by atoms with Gasteiger partial charge in [0.15, 0.2) is 5.82 Å². The highest BCUT2D eigenvalue weighted by Gasteiger charge is 2.51. The molecule has 9 nitrogen and oxygen atoms in total. The second kappa shape index (κ2) is 15.3. The van der Waals surface area contributed by atoms with Crippen LogP contribution in [-0.4, -0.2) is 96.6 Å². The van der Waals surface area contributed by atoms with E-state index in [9.17, 15) is 5.11 Å². The number of aromatic nitrogens is 3. The zero-order valence-electron chi connectivity index (χ0n) is 38.2. The summed E-state index contributed by atoms with van der Waals surface area (Å²) in [6, 6.07) is 5.92. The Morgan fingerprint density at radius 3 is 2.43 bits per heavy atom. The topological polar surface area (TPSA) is 95.9 Å². The summed E-state index contributed by atoms with van der Waals surface area (Å²) in [5.41, 5.74) is 3.92. The van der Waals surface area contributed by atoms with Crippen LogP contribution in [0.1, 0.15) is 90.7 Å². The summed E-state index contributed by atoms with van der Waals surface area (Å²) in [6.07, 6.45) is 5.00. The third-order valence-electron chi connectivity index (χ3n) is 13.9. The van der Waals surface area contributed by atoms with Crippen molar-refractivity contribution in [3.63, 3.8) is 0 Å². The molecule has 2 aromatic heterocycles. The third-order valence-corrected chi connectivity index (χ3v) is 20.2. The normalized spacial score (nSPS) is 27.0. The summed E-state index contributed by atoms with van der Waals surface area (Å²) in [4.78, 5) is 19.0. The third kappa shape index (κ3) is 6.93. The highest BCUT2D eigenvalue weighted by Crippen LogP contribution is 2.45. The molecule has 310 valence electrons. The van der Waals surface area contributed by atoms with Gasteiger partial charge in [0, 0.05) is 56.4 Å². The smallest absolute Gasteiger partial charge is 0.319 e. The van der Waals surface area contributed by atoms with Crippen molar-refractivity contribution in [1.82, 2.24) is 25.2 Å². The minimum atomic E-state index is -2.56. The number of hydrogen-bond donors (Lipinski definition) is 2. The molecule has 0 radical (unpaired) electrons. The van der Waals surface area contributed by atoms with Crippen molar-refractivity contribution in [3.05, 3.63) is 47.7 Å². The van der Waals surface area contributed by atoms with Gasteiger partial charge in [-0.3, -0.25) is 9.88 Å². The largest absolute Gasteiger partial charge is 0.508 e. The highest BCUT2D eigenvalue weighted by molar-refractivity contribution is 6.90. The van der Waals surface area contributed by atoms with Crippen LogP contribution in [0.5, 0.6) is 11.8 Å². The predicted molar refractivity (Wildman–Crippen MR) is 230 cm³/mol. The maximum atomic E-state index is 17.7. The van der Waals surface area contributed by atoms with Gasteiger partial charge in [-0.15, -0.1) is 5.54 Å². The number of anilines is 1. The predicted octanol–water partition coefficient (Wildman–Crippen LogP) is 8.85. The van der Waals surface area contributed by atoms with Gasteiger partial charge >= 0.3 is 6.01 Å². The Labute approximate surface area is 347 Å². The first kappa shape index (κ1) is 37.1. The van der Waals surface area contributed by atoms with Crippen LogP contribution in [0.15, 0.2) is 30.5 Å². The Bertz CT molecular complexity index is 2370. The summed E-state index contributed by atoms with van der Waals surface area (Å²) < 4.78 is 68.9. The van der Waals surface area contributed by atoms with Gasteiger partial charge < -0.3 is 24.8 Å². The average Bonchev–Trinajstić information content (AvgIpc) is 3.77. The van der Waals surface area contributed by atoms with Crippen LogP contribution in [0.25, 0.3) is 32.9 Å². The van der Waals surface area contributed by atoms with E-state index in [-0.39, 0.29) is 52.3 Å². The number of benzene rings is 2. The first-order valence-corrected chi connectivity index (χ1v) is 23.4. The van der Waals surface area contributed by atoms with Gasteiger partial charge in [-0.05, 0) is 77.7 Å². The van der Waals surface area contributed by atoms with Crippen LogP contribution in [0.2, 0.25) is 16.6 Å². The number of phenolic OH excluding ortho intramolecular Hbond substituents is 1. The van der Waals surface area contributed by atoms with E-state index < -0.39 is 32.3 Å². The van der Waals surface area contributed by atoms with E-state index >= 15 is 8.78 Å². The number of nitrogens with zero attached hydrogens (tertiary/aromatic N) is 5. The molecule has 0 spiro atoms. The Balaban J connectivity index is 1.28. The first-order chi connectivity index (χ1) is 28.7. The van der Waals surface area contributed by atoms with E-state index in [1.165, 1.54) is 24.4 Å². The molecule has 12 heteroatoms. The Morgan fingerprint density at radius 2 is 1.74 bits per heavy atom. The summed E-state index contributed by atoms with van der Waals surface area (Å²) in [6.45, 7) is 20.9. The van der Waals surface area contributed by atoms with Gasteiger partial charge in [-0.1, -0.05) is 67.4 Å². The summed E-state index contributed by atoms with van der Waals surface area (Å²) >= 11 is 0. The molecule has 2 N–H and O–H groups in total. The highest BCUT2D eigenvalue weighted by atomic mass is 28.3. The number of hydrogen-bond acceptors (Lipinski definition) is 9. The van der Waals surface area contributed by atoms with E-state index in [0.29, 0.717) is 76.6 Å². The zero-order chi connectivity index (χ0) is 43.8. The number of phenols is 1. The molecular weight excluding hydrogens is 751 g/mol. The molecule has 58 heavy (non-hydrogen) atoms. The molecule has 6 heterocycles. The molecule has 4 unspecified atom stereocenters. The molecule has 4 aliphatic rings. The lowest BCUT2D eigenvalue weighted by molar-refractivity contribution is 0.107. The van der Waals surface area contributed by atoms with E-state index in [1.807, 2.05) is 4.90 Å². The second-order valence-corrected chi connectivity index (χ2v) is 24.6. The standard InChI is InChI=1S/C46H60F2N6O3Si/c1-27(2)58(28(3)4,29(5)6)15-13-35-38(47)11-10-32-16-34(55)17-36(39(32)35)41-40(48)42-37(20-49-41)43(53-23-33-12-14-45(24-53,52-33)25-56-9)51-44(50-42)57-26-46-18-30(7)21-54(46)22-31(8)19-46/h10-11,16-17,20,27-31,33,52,55H,12,14,18-19,21-26H2,1-9H3/i9D3. The van der Waals surface area contributed by atoms with Crippen LogP contribution >= 0.6 is 0 Å². The number of halogens is 2. The maximum Gasteiger partial charge on any atom is 0.319 e. The molecule has 0 saturated carbocycles. The van der Waals surface area contributed by atoms with Crippen LogP contribution < -0.4 is 15.0 Å². The number of fused-ring (bicyclic) bond motifs is 5. The molecule has 4 saturated heterocycles. The van der Waals surface area contributed by atoms with Gasteiger partial charge in [0.1, 0.15) is 43.3 Å². The number of pyridine rings is 1. The minimum Gasteiger partial charge on any atom is -0.508 e. The summed E-state index contributed by atoms with van der Waals surface area (Å²) in [5.74, 6) is 3.31. The molecular formula is C46H60F2N6O3Si. The van der Waals surface area contributed by atoms with E-state index in [2.05, 4.69) is 77.1 Å². The van der Waals surface area contributed by atoms with Gasteiger partial charge in [0.2, 0.25) is 0 Å². The van der Waals surface area contributed by atoms with Crippen molar-refractivity contribution in [2.75, 3.05) is 51.3 Å². The van der Waals surface area contributed by atoms with Crippen LogP contribution in [-0.2, 0) is 4.74 Å². The second-order valence-electron chi connectivity index (χ2n) is 19.0. The fourth-order valence-corrected chi connectivity index (χ4v) is 16.9. The summed E-state index contributed by atoms with van der Waals surface area (Å²) in [5, 5.41) is 15.9. The first-order valence-electron chi connectivity index (χ1n) is 22.6. The van der Waals surface area contributed by atoms with Crippen LogP contribution in [0.4, 0.5) is 14.6 Å². The van der Waals surface area contributed by atoms with E-state index in [4.69, 9.17) is 28.5 Å². The zero-order valence-corrected chi connectivity index (χ0v) is 36.2. The molecule has 2 bridgehead atoms. The van der Waals surface area contributed by atoms with Gasteiger partial charge in [-0.2, -0.15) is 9.97 Å². The monoisotopic (exact) mass is 813 g/mol. The lowest BCUT2D eigenvalue weighted by atomic mass is 9.89. The lowest BCUT2D eigenvalue weighted by Gasteiger charge is -2.41. The number of ether oxygens (including phenoxy) is 2. The van der Waals surface area contributed by atoms with Crippen molar-refractivity contribution in [3.8, 4) is 34.5 Å². The van der Waals surface area contributed by atoms with E-state index in [0.717, 1.165) is 32.4 Å². The summed E-state index contributed by atoms with van der Waals surface area (Å²) in [7, 11) is -4.87. The molecule has 4 atom stereocenters. The molecule has 4 aliphatic heterocycles. The molecule has 0 aliphatic carbocycles. The minimum absolute atomic E-state index is 0.0183. The number of methoxy groups -OCH3 is 1. The van der Waals surface area contributed by atoms with Gasteiger partial charge in [0.25, 0.3) is 0 Å². The average molecular weight is 814 g/mol. The molecule has 4 aromatic rings. The van der Waals surface area contributed by atoms with Crippen molar-refractivity contribution in [2.24, 2.45) is 11.8 Å². The lowest BCUT2D eigenvalue weighted by Crippen LogP contribution is -2.61. The number of piperazine rings is 1. The fourth-order valence-electron chi connectivity index (χ4n) is 11.7. The van der Waals surface area contributed by atoms with Crippen molar-refractivity contribution in [1.29, 1.82) is 0 Å².